The molecule has 0 aliphatic carbocycles. The molecular formula is C30H58O20+4. The van der Waals surface area contributed by atoms with Gasteiger partial charge in [0.1, 0.15) is 123 Å². The summed E-state index contributed by atoms with van der Waals surface area (Å²) in [4.78, 5) is 21.7. The molecule has 0 saturated carbocycles. The zero-order valence-electron chi connectivity index (χ0n) is 30.9. The molecule has 20 nitrogen and oxygen atoms in total. The number of ether oxygens (including phenoxy) is 10. The fourth-order valence-corrected chi connectivity index (χ4v) is 7.03. The van der Waals surface area contributed by atoms with Crippen LogP contribution in [0, 0.1) is 0 Å². The monoisotopic (exact) mass is 738 g/mol. The van der Waals surface area contributed by atoms with Crippen molar-refractivity contribution in [1.29, 1.82) is 0 Å². The molecule has 10 fully saturated rings. The summed E-state index contributed by atoms with van der Waals surface area (Å²) in [6.45, 7) is 2.33. The summed E-state index contributed by atoms with van der Waals surface area (Å²) in [6.07, 6.45) is -8.10. The summed E-state index contributed by atoms with van der Waals surface area (Å²) < 4.78 is 50.4. The molecule has 0 radical (unpaired) electrons. The van der Waals surface area contributed by atoms with Crippen molar-refractivity contribution in [3.05, 3.63) is 0 Å². The fraction of sp³-hybridized carbons (Fsp3) is 0.933. The van der Waals surface area contributed by atoms with E-state index in [9.17, 15) is 9.59 Å². The number of carbonyl (C=O) groups excluding carboxylic acids is 2. The lowest BCUT2D eigenvalue weighted by atomic mass is 10.1. The Balaban J connectivity index is -0.000000630. The van der Waals surface area contributed by atoms with Gasteiger partial charge in [-0.1, -0.05) is 0 Å². The molecule has 10 aliphatic rings. The highest BCUT2D eigenvalue weighted by Gasteiger charge is 2.49. The van der Waals surface area contributed by atoms with Crippen LogP contribution in [-0.4, -0.2) is 228 Å². The predicted octanol–water partition coefficient (Wildman–Crippen LogP) is -5.62. The molecule has 14 unspecified atom stereocenters. The second-order valence-corrected chi connectivity index (χ2v) is 13.3. The normalized spacial score (nSPS) is 50.5. The molecule has 294 valence electrons. The van der Waals surface area contributed by atoms with E-state index in [1.54, 1.807) is 0 Å². The maximum atomic E-state index is 10.8. The van der Waals surface area contributed by atoms with Crippen LogP contribution in [0.1, 0.15) is 11.4 Å². The van der Waals surface area contributed by atoms with Gasteiger partial charge in [0, 0.05) is 5.71 Å². The molecule has 20 heteroatoms. The number of ketones is 2. The van der Waals surface area contributed by atoms with Crippen molar-refractivity contribution in [3.8, 4) is 0 Å². The minimum Gasteiger partial charge on any atom is -0.388 e. The van der Waals surface area contributed by atoms with Crippen molar-refractivity contribution in [1.82, 2.24) is 0 Å². The maximum absolute atomic E-state index is 10.8. The minimum atomic E-state index is -0.614. The molecule has 10 rings (SSSR count). The van der Waals surface area contributed by atoms with Gasteiger partial charge in [0.25, 0.3) is 0 Å². The molecule has 0 aromatic rings. The van der Waals surface area contributed by atoms with Gasteiger partial charge in [0.2, 0.25) is 0 Å². The predicted molar refractivity (Wildman–Crippen MR) is 168 cm³/mol. The zero-order valence-corrected chi connectivity index (χ0v) is 26.9. The van der Waals surface area contributed by atoms with E-state index in [0.717, 1.165) is 0 Å². The maximum Gasteiger partial charge on any atom is 1.00 e. The summed E-state index contributed by atoms with van der Waals surface area (Å²) >= 11 is 0. The highest BCUT2D eigenvalue weighted by molar-refractivity contribution is 5.87. The third-order valence-electron chi connectivity index (χ3n) is 9.72. The molecule has 50 heavy (non-hydrogen) atoms. The first-order valence-corrected chi connectivity index (χ1v) is 16.6. The summed E-state index contributed by atoms with van der Waals surface area (Å²) in [7, 11) is 0. The van der Waals surface area contributed by atoms with E-state index in [1.165, 1.54) is 0 Å². The van der Waals surface area contributed by atoms with Crippen molar-refractivity contribution in [2.24, 2.45) is 0 Å². The van der Waals surface area contributed by atoms with Crippen LogP contribution >= 0.6 is 0 Å². The Bertz CT molecular complexity index is 1020. The highest BCUT2D eigenvalue weighted by Crippen LogP contribution is 2.29. The number of hydrogen-bond donors (Lipinski definition) is 8. The molecule has 8 N–H and O–H groups in total. The lowest BCUT2D eigenvalue weighted by Gasteiger charge is -2.09. The van der Waals surface area contributed by atoms with Gasteiger partial charge in [0.15, 0.2) is 11.6 Å². The quantitative estimate of drug-likeness (QED) is 0.115. The molecule has 0 aromatic heterocycles. The van der Waals surface area contributed by atoms with Gasteiger partial charge in [-0.25, -0.2) is 0 Å². The Kier molecular flexibility index (Phi) is 12.8. The number of rotatable bonds is 0. The van der Waals surface area contributed by atoms with Crippen molar-refractivity contribution >= 4 is 11.6 Å². The van der Waals surface area contributed by atoms with Crippen LogP contribution in [0.3, 0.4) is 0 Å². The smallest absolute Gasteiger partial charge is 0.388 e. The average Bonchev–Trinajstić information content (AvgIpc) is 3.93. The molecule has 0 aromatic carbocycles. The SMILES string of the molecule is O=C1COC2C(O)COC12.O=C1COC2C1OC[C@H]2O.OC1COC2C(O)COC12.OC1COC2C1OC[C@H]2O.O[C@@H]1COC2C1OC[C@H]2O.[H+].[H+].[H+].[H+].[HH].[HH].[HH].[HH]. The fourth-order valence-electron chi connectivity index (χ4n) is 7.03. The largest absolute Gasteiger partial charge is 1.00 e. The summed E-state index contributed by atoms with van der Waals surface area (Å²) in [5.41, 5.74) is 0. The number of aliphatic hydroxyl groups excluding tert-OH is 8. The van der Waals surface area contributed by atoms with Crippen molar-refractivity contribution < 1.29 is 109 Å². The van der Waals surface area contributed by atoms with Crippen molar-refractivity contribution in [2.75, 3.05) is 66.1 Å². The topological polar surface area (TPSA) is 288 Å². The number of carbonyl (C=O) groups is 2. The van der Waals surface area contributed by atoms with E-state index in [1.807, 2.05) is 0 Å². The molecule has 10 heterocycles. The van der Waals surface area contributed by atoms with Crippen LogP contribution in [-0.2, 0) is 57.0 Å². The van der Waals surface area contributed by atoms with E-state index in [0.29, 0.717) is 0 Å². The molecule has 0 amide bonds. The second-order valence-electron chi connectivity index (χ2n) is 13.3. The second kappa shape index (κ2) is 16.7. The third-order valence-corrected chi connectivity index (χ3v) is 9.72. The van der Waals surface area contributed by atoms with Crippen LogP contribution < -0.4 is 0 Å². The number of fused-ring (bicyclic) bond motifs is 5. The Morgan fingerprint density at radius 1 is 0.340 bits per heavy atom. The van der Waals surface area contributed by atoms with Gasteiger partial charge >= 0.3 is 5.71 Å². The molecule has 10 saturated heterocycles. The van der Waals surface area contributed by atoms with E-state index in [4.69, 9.17) is 88.2 Å². The lowest BCUT2D eigenvalue weighted by Crippen LogP contribution is -2.30. The minimum absolute atomic E-state index is 0. The van der Waals surface area contributed by atoms with Gasteiger partial charge in [-0.05, 0) is 0 Å². The summed E-state index contributed by atoms with van der Waals surface area (Å²) in [5, 5.41) is 73.2. The third kappa shape index (κ3) is 8.22. The Morgan fingerprint density at radius 2 is 0.540 bits per heavy atom. The molecule has 0 bridgehead atoms. The van der Waals surface area contributed by atoms with E-state index in [-0.39, 0.29) is 126 Å². The van der Waals surface area contributed by atoms with E-state index < -0.39 is 73.2 Å². The van der Waals surface area contributed by atoms with Crippen LogP contribution in [0.25, 0.3) is 0 Å². The van der Waals surface area contributed by atoms with Crippen LogP contribution in [0.5, 0.6) is 0 Å². The summed E-state index contributed by atoms with van der Waals surface area (Å²) in [6, 6.07) is 0. The Morgan fingerprint density at radius 3 is 0.760 bits per heavy atom. The molecular weight excluding hydrogens is 680 g/mol. The van der Waals surface area contributed by atoms with Gasteiger partial charge in [-0.3, -0.25) is 9.59 Å². The van der Waals surface area contributed by atoms with Gasteiger partial charge in [-0.2, -0.15) is 0 Å². The van der Waals surface area contributed by atoms with Crippen LogP contribution in [0.2, 0.25) is 0 Å². The van der Waals surface area contributed by atoms with Gasteiger partial charge in [0.05, 0.1) is 52.9 Å². The van der Waals surface area contributed by atoms with Crippen molar-refractivity contribution in [2.45, 2.75) is 110 Å². The average molecular weight is 739 g/mol. The lowest BCUT2D eigenvalue weighted by molar-refractivity contribution is -0.125. The van der Waals surface area contributed by atoms with Gasteiger partial charge < -0.3 is 88.2 Å². The van der Waals surface area contributed by atoms with E-state index >= 15 is 0 Å². The highest BCUT2D eigenvalue weighted by atomic mass is 16.6. The van der Waals surface area contributed by atoms with Crippen LogP contribution in [0.15, 0.2) is 0 Å². The Labute approximate surface area is 297 Å². The summed E-state index contributed by atoms with van der Waals surface area (Å²) in [5.74, 6) is -0.108. The zero-order chi connectivity index (χ0) is 35.7. The molecule has 18 atom stereocenters. The first-order valence-electron chi connectivity index (χ1n) is 16.6. The molecule has 0 spiro atoms. The molecule has 10 aliphatic heterocycles. The standard InChI is InChI=1S/3C6H10O4.2C6H8O4.4H2/c5*7-3-1-9-6-4(8)2-10-5(3)6;;;;/h3*3-8H,1-2H2;2*3,5-7H,1-2H2;4*1H/p+4/t3-,4?,5?,6?;3-,4-,5?,6?;;3-,5?,6?;;;;;/m11.1...../s1. The number of aliphatic hydroxyl groups is 8. The Hall–Kier alpha value is -1.38. The first kappa shape index (κ1) is 38.3. The number of Topliss-reactive ketones (excluding diaryl/α,β-unsaturated/α-hetero) is 2. The number of hydrogen-bond acceptors (Lipinski definition) is 20. The van der Waals surface area contributed by atoms with Crippen molar-refractivity contribution in [3.63, 3.8) is 0 Å². The van der Waals surface area contributed by atoms with Gasteiger partial charge in [-0.15, -0.1) is 0 Å². The van der Waals surface area contributed by atoms with Crippen LogP contribution in [0.4, 0.5) is 0 Å². The first-order chi connectivity index (χ1) is 23.9. The van der Waals surface area contributed by atoms with E-state index in [2.05, 4.69) is 0 Å².